The lowest BCUT2D eigenvalue weighted by molar-refractivity contribution is -0.136. The summed E-state index contributed by atoms with van der Waals surface area (Å²) in [5.41, 5.74) is 10.3. The molecule has 7 nitrogen and oxygen atoms in total. The molecule has 0 aliphatic carbocycles. The van der Waals surface area contributed by atoms with E-state index in [1.165, 1.54) is 0 Å². The molecule has 0 fully saturated rings. The molecule has 4 rings (SSSR count). The molecule has 0 amide bonds. The standard InChI is InChI=1S/C30H30N2O5/c1-4-5-13-34-22-8-6-7-21(15-22)29-25-12-11-24(16-27(25)37-30(32)26(29)17-31)36-28(33)18-35-23-10-9-19(2)20(3)14-23/h6-12,14-16,29H,4-5,13,18,32H2,1-3H3. The summed E-state index contributed by atoms with van der Waals surface area (Å²) >= 11 is 0. The van der Waals surface area contributed by atoms with E-state index >= 15 is 0 Å². The highest BCUT2D eigenvalue weighted by atomic mass is 16.6. The third-order valence-corrected chi connectivity index (χ3v) is 6.22. The quantitative estimate of drug-likeness (QED) is 0.230. The summed E-state index contributed by atoms with van der Waals surface area (Å²) in [5.74, 6) is 1.04. The molecule has 3 aromatic carbocycles. The van der Waals surface area contributed by atoms with E-state index in [4.69, 9.17) is 24.7 Å². The van der Waals surface area contributed by atoms with E-state index in [1.54, 1.807) is 18.2 Å². The van der Waals surface area contributed by atoms with Crippen LogP contribution in [0.25, 0.3) is 0 Å². The second-order valence-electron chi connectivity index (χ2n) is 8.91. The Morgan fingerprint density at radius 1 is 1.00 bits per heavy atom. The zero-order valence-corrected chi connectivity index (χ0v) is 21.2. The van der Waals surface area contributed by atoms with Gasteiger partial charge in [-0.3, -0.25) is 0 Å². The highest BCUT2D eigenvalue weighted by Crippen LogP contribution is 2.44. The van der Waals surface area contributed by atoms with Crippen LogP contribution in [0.2, 0.25) is 0 Å². The highest BCUT2D eigenvalue weighted by molar-refractivity contribution is 5.74. The first-order chi connectivity index (χ1) is 17.9. The number of fused-ring (bicyclic) bond motifs is 1. The van der Waals surface area contributed by atoms with Crippen molar-refractivity contribution in [3.8, 4) is 29.1 Å². The zero-order chi connectivity index (χ0) is 26.4. The number of nitrogens with zero attached hydrogens (tertiary/aromatic N) is 1. The average Bonchev–Trinajstić information content (AvgIpc) is 2.89. The van der Waals surface area contributed by atoms with Gasteiger partial charge in [0.2, 0.25) is 5.88 Å². The number of esters is 1. The van der Waals surface area contributed by atoms with Crippen LogP contribution in [0, 0.1) is 25.2 Å². The van der Waals surface area contributed by atoms with Crippen LogP contribution in [0.3, 0.4) is 0 Å². The lowest BCUT2D eigenvalue weighted by Crippen LogP contribution is -2.21. The summed E-state index contributed by atoms with van der Waals surface area (Å²) in [4.78, 5) is 12.4. The van der Waals surface area contributed by atoms with Gasteiger partial charge in [0, 0.05) is 11.6 Å². The molecular weight excluding hydrogens is 468 g/mol. The number of hydrogen-bond acceptors (Lipinski definition) is 7. The minimum absolute atomic E-state index is 0.0128. The molecule has 0 aromatic heterocycles. The van der Waals surface area contributed by atoms with E-state index in [0.717, 1.165) is 40.8 Å². The smallest absolute Gasteiger partial charge is 0.349 e. The van der Waals surface area contributed by atoms with E-state index in [-0.39, 0.29) is 18.2 Å². The minimum atomic E-state index is -0.552. The predicted molar refractivity (Wildman–Crippen MR) is 140 cm³/mol. The molecule has 7 heteroatoms. The minimum Gasteiger partial charge on any atom is -0.494 e. The van der Waals surface area contributed by atoms with Gasteiger partial charge in [0.05, 0.1) is 12.5 Å². The van der Waals surface area contributed by atoms with Crippen LogP contribution in [-0.2, 0) is 4.79 Å². The van der Waals surface area contributed by atoms with Gasteiger partial charge in [0.1, 0.15) is 34.6 Å². The van der Waals surface area contributed by atoms with Crippen LogP contribution in [0.1, 0.15) is 47.9 Å². The van der Waals surface area contributed by atoms with Gasteiger partial charge in [-0.15, -0.1) is 0 Å². The molecule has 1 heterocycles. The maximum absolute atomic E-state index is 12.4. The molecule has 37 heavy (non-hydrogen) atoms. The number of ether oxygens (including phenoxy) is 4. The summed E-state index contributed by atoms with van der Waals surface area (Å²) in [5, 5.41) is 9.84. The first-order valence-corrected chi connectivity index (χ1v) is 12.2. The fraction of sp³-hybridized carbons (Fsp3) is 0.267. The van der Waals surface area contributed by atoms with Gasteiger partial charge in [-0.25, -0.2) is 4.79 Å². The highest BCUT2D eigenvalue weighted by Gasteiger charge is 2.31. The van der Waals surface area contributed by atoms with Gasteiger partial charge < -0.3 is 24.7 Å². The van der Waals surface area contributed by atoms with Crippen molar-refractivity contribution in [2.45, 2.75) is 39.5 Å². The fourth-order valence-corrected chi connectivity index (χ4v) is 4.07. The van der Waals surface area contributed by atoms with Crippen LogP contribution < -0.4 is 24.7 Å². The van der Waals surface area contributed by atoms with Gasteiger partial charge in [-0.1, -0.05) is 37.6 Å². The van der Waals surface area contributed by atoms with E-state index in [2.05, 4.69) is 13.0 Å². The normalized spacial score (nSPS) is 14.3. The zero-order valence-electron chi connectivity index (χ0n) is 21.2. The number of benzene rings is 3. The summed E-state index contributed by atoms with van der Waals surface area (Å²) in [6.45, 7) is 6.48. The number of unbranched alkanes of at least 4 members (excludes halogenated alkanes) is 1. The Kier molecular flexibility index (Phi) is 7.99. The van der Waals surface area contributed by atoms with Crippen LogP contribution in [0.5, 0.6) is 23.0 Å². The number of rotatable bonds is 9. The lowest BCUT2D eigenvalue weighted by atomic mass is 9.83. The topological polar surface area (TPSA) is 104 Å². The van der Waals surface area contributed by atoms with Crippen molar-refractivity contribution in [1.82, 2.24) is 0 Å². The second-order valence-corrected chi connectivity index (χ2v) is 8.91. The molecular formula is C30H30N2O5. The Morgan fingerprint density at radius 3 is 2.54 bits per heavy atom. The molecule has 1 aliphatic heterocycles. The van der Waals surface area contributed by atoms with Crippen molar-refractivity contribution in [1.29, 1.82) is 5.26 Å². The van der Waals surface area contributed by atoms with Crippen molar-refractivity contribution in [2.75, 3.05) is 13.2 Å². The number of carbonyl (C=O) groups is 1. The van der Waals surface area contributed by atoms with E-state index < -0.39 is 11.9 Å². The maximum Gasteiger partial charge on any atom is 0.349 e. The van der Waals surface area contributed by atoms with Crippen molar-refractivity contribution in [3.63, 3.8) is 0 Å². The molecule has 1 aliphatic rings. The Labute approximate surface area is 217 Å². The predicted octanol–water partition coefficient (Wildman–Crippen LogP) is 5.68. The molecule has 0 saturated heterocycles. The Bertz CT molecular complexity index is 1370. The van der Waals surface area contributed by atoms with Crippen molar-refractivity contribution >= 4 is 5.97 Å². The number of nitrogens with two attached hydrogens (primary N) is 1. The molecule has 1 atom stereocenters. The van der Waals surface area contributed by atoms with E-state index in [9.17, 15) is 10.1 Å². The summed E-state index contributed by atoms with van der Waals surface area (Å²) < 4.78 is 22.7. The van der Waals surface area contributed by atoms with Crippen molar-refractivity contribution < 1.29 is 23.7 Å². The lowest BCUT2D eigenvalue weighted by Gasteiger charge is -2.27. The molecule has 0 saturated carbocycles. The van der Waals surface area contributed by atoms with Gasteiger partial charge >= 0.3 is 5.97 Å². The van der Waals surface area contributed by atoms with E-state index in [0.29, 0.717) is 23.7 Å². The van der Waals surface area contributed by atoms with Gasteiger partial charge in [0.15, 0.2) is 6.61 Å². The SMILES string of the molecule is CCCCOc1cccc(C2C(C#N)=C(N)Oc3cc(OC(=O)COc4ccc(C)c(C)c4)ccc32)c1. The second kappa shape index (κ2) is 11.5. The van der Waals surface area contributed by atoms with Crippen LogP contribution >= 0.6 is 0 Å². The number of allylic oxidation sites excluding steroid dienone is 1. The third-order valence-electron chi connectivity index (χ3n) is 6.22. The Hall–Kier alpha value is -4.44. The largest absolute Gasteiger partial charge is 0.494 e. The average molecular weight is 499 g/mol. The molecule has 190 valence electrons. The van der Waals surface area contributed by atoms with Crippen LogP contribution in [0.15, 0.2) is 72.1 Å². The third kappa shape index (κ3) is 6.04. The van der Waals surface area contributed by atoms with Gasteiger partial charge in [0.25, 0.3) is 0 Å². The van der Waals surface area contributed by atoms with Gasteiger partial charge in [-0.05, 0) is 67.3 Å². The monoisotopic (exact) mass is 498 g/mol. The number of hydrogen-bond donors (Lipinski definition) is 1. The summed E-state index contributed by atoms with van der Waals surface area (Å²) in [7, 11) is 0. The Balaban J connectivity index is 1.52. The molecule has 0 spiro atoms. The molecule has 0 bridgehead atoms. The summed E-state index contributed by atoms with van der Waals surface area (Å²) in [6.07, 6.45) is 1.99. The molecule has 2 N–H and O–H groups in total. The molecule has 1 unspecified atom stereocenters. The maximum atomic E-state index is 12.4. The number of nitriles is 1. The first-order valence-electron chi connectivity index (χ1n) is 12.2. The van der Waals surface area contributed by atoms with Gasteiger partial charge in [-0.2, -0.15) is 5.26 Å². The molecule has 0 radical (unpaired) electrons. The fourth-order valence-electron chi connectivity index (χ4n) is 4.07. The number of carbonyl (C=O) groups excluding carboxylic acids is 1. The first kappa shape index (κ1) is 25.6. The number of aryl methyl sites for hydroxylation is 2. The van der Waals surface area contributed by atoms with Crippen LogP contribution in [0.4, 0.5) is 0 Å². The molecule has 3 aromatic rings. The summed E-state index contributed by atoms with van der Waals surface area (Å²) in [6, 6.07) is 20.5. The van der Waals surface area contributed by atoms with Crippen LogP contribution in [-0.4, -0.2) is 19.2 Å². The van der Waals surface area contributed by atoms with Crippen molar-refractivity contribution in [3.05, 3.63) is 94.4 Å². The van der Waals surface area contributed by atoms with E-state index in [1.807, 2.05) is 56.3 Å². The Morgan fingerprint density at radius 2 is 1.78 bits per heavy atom. The van der Waals surface area contributed by atoms with Crippen molar-refractivity contribution in [2.24, 2.45) is 5.73 Å².